The van der Waals surface area contributed by atoms with Crippen LogP contribution in [0.2, 0.25) is 0 Å². The van der Waals surface area contributed by atoms with Crippen LogP contribution in [0.5, 0.6) is 0 Å². The molecule has 2 rings (SSSR count). The second kappa shape index (κ2) is 12.7. The van der Waals surface area contributed by atoms with Crippen molar-refractivity contribution in [2.75, 3.05) is 17.1 Å². The molecule has 1 N–H and O–H groups in total. The van der Waals surface area contributed by atoms with E-state index in [1.54, 1.807) is 24.0 Å². The maximum Gasteiger partial charge on any atom is 0.242 e. The van der Waals surface area contributed by atoms with Crippen molar-refractivity contribution >= 4 is 27.5 Å². The monoisotopic (exact) mass is 501 g/mol. The van der Waals surface area contributed by atoms with Crippen LogP contribution in [0.25, 0.3) is 0 Å². The molecule has 0 spiro atoms. The first-order valence-electron chi connectivity index (χ1n) is 12.1. The number of nitrogens with one attached hydrogen (secondary N) is 1. The molecule has 0 heterocycles. The van der Waals surface area contributed by atoms with Gasteiger partial charge in [-0.15, -0.1) is 0 Å². The molecule has 0 saturated carbocycles. The average molecular weight is 502 g/mol. The predicted molar refractivity (Wildman–Crippen MR) is 142 cm³/mol. The number of carbonyl (C=O) groups excluding carboxylic acids is 2. The number of hydrogen-bond donors (Lipinski definition) is 1. The van der Waals surface area contributed by atoms with Gasteiger partial charge in [0.15, 0.2) is 0 Å². The molecule has 192 valence electrons. The van der Waals surface area contributed by atoms with Crippen LogP contribution < -0.4 is 9.62 Å². The summed E-state index contributed by atoms with van der Waals surface area (Å²) in [5.41, 5.74) is 3.63. The Morgan fingerprint density at radius 3 is 2.23 bits per heavy atom. The zero-order chi connectivity index (χ0) is 26.2. The molecule has 0 aliphatic rings. The summed E-state index contributed by atoms with van der Waals surface area (Å²) >= 11 is 0. The number of rotatable bonds is 12. The highest BCUT2D eigenvalue weighted by Gasteiger charge is 2.27. The van der Waals surface area contributed by atoms with Crippen molar-refractivity contribution in [1.82, 2.24) is 10.2 Å². The third-order valence-electron chi connectivity index (χ3n) is 6.08. The summed E-state index contributed by atoms with van der Waals surface area (Å²) in [6.07, 6.45) is 2.43. The van der Waals surface area contributed by atoms with Crippen molar-refractivity contribution in [1.29, 1.82) is 0 Å². The first-order chi connectivity index (χ1) is 16.4. The van der Waals surface area contributed by atoms with Crippen molar-refractivity contribution < 1.29 is 18.0 Å². The lowest BCUT2D eigenvalue weighted by atomic mass is 10.1. The van der Waals surface area contributed by atoms with Crippen LogP contribution >= 0.6 is 0 Å². The molecule has 7 nitrogen and oxygen atoms in total. The Morgan fingerprint density at radius 1 is 1.00 bits per heavy atom. The Bertz CT molecular complexity index is 1100. The highest BCUT2D eigenvalue weighted by atomic mass is 32.2. The molecule has 2 atom stereocenters. The minimum Gasteiger partial charge on any atom is -0.352 e. The van der Waals surface area contributed by atoms with Crippen LogP contribution in [-0.2, 0) is 26.2 Å². The van der Waals surface area contributed by atoms with Gasteiger partial charge in [-0.25, -0.2) is 8.42 Å². The van der Waals surface area contributed by atoms with Gasteiger partial charge < -0.3 is 10.2 Å². The summed E-state index contributed by atoms with van der Waals surface area (Å²) in [6, 6.07) is 14.5. The summed E-state index contributed by atoms with van der Waals surface area (Å²) in [6.45, 7) is 10.1. The van der Waals surface area contributed by atoms with Crippen LogP contribution in [0.4, 0.5) is 5.69 Å². The SMILES string of the molecule is CCC(C)NC(=O)C(C)N(Cc1cccc(C)c1)C(=O)CCCN(c1ccc(C)cc1)S(C)(=O)=O. The van der Waals surface area contributed by atoms with Gasteiger partial charge in [0, 0.05) is 25.6 Å². The van der Waals surface area contributed by atoms with E-state index in [0.29, 0.717) is 18.7 Å². The van der Waals surface area contributed by atoms with Gasteiger partial charge in [0.05, 0.1) is 11.9 Å². The number of aryl methyl sites for hydroxylation is 2. The van der Waals surface area contributed by atoms with Gasteiger partial charge in [0.25, 0.3) is 0 Å². The van der Waals surface area contributed by atoms with Crippen molar-refractivity contribution in [3.05, 3.63) is 65.2 Å². The van der Waals surface area contributed by atoms with E-state index in [4.69, 9.17) is 0 Å². The van der Waals surface area contributed by atoms with Crippen LogP contribution in [-0.4, -0.2) is 50.0 Å². The van der Waals surface area contributed by atoms with Crippen LogP contribution in [0.15, 0.2) is 48.5 Å². The molecule has 0 aliphatic heterocycles. The lowest BCUT2D eigenvalue weighted by molar-refractivity contribution is -0.140. The Morgan fingerprint density at radius 2 is 1.66 bits per heavy atom. The van der Waals surface area contributed by atoms with E-state index in [9.17, 15) is 18.0 Å². The summed E-state index contributed by atoms with van der Waals surface area (Å²) in [7, 11) is -3.50. The van der Waals surface area contributed by atoms with Crippen LogP contribution in [0, 0.1) is 13.8 Å². The van der Waals surface area contributed by atoms with Crippen molar-refractivity contribution in [2.24, 2.45) is 0 Å². The molecule has 0 aromatic heterocycles. The highest BCUT2D eigenvalue weighted by molar-refractivity contribution is 7.92. The second-order valence-electron chi connectivity index (χ2n) is 9.28. The number of nitrogens with zero attached hydrogens (tertiary/aromatic N) is 2. The molecule has 0 fully saturated rings. The van der Waals surface area contributed by atoms with Gasteiger partial charge >= 0.3 is 0 Å². The Balaban J connectivity index is 2.16. The molecule has 35 heavy (non-hydrogen) atoms. The maximum atomic E-state index is 13.3. The highest BCUT2D eigenvalue weighted by Crippen LogP contribution is 2.20. The molecule has 2 unspecified atom stereocenters. The van der Waals surface area contributed by atoms with Gasteiger partial charge in [-0.2, -0.15) is 0 Å². The van der Waals surface area contributed by atoms with E-state index in [1.165, 1.54) is 10.6 Å². The van der Waals surface area contributed by atoms with Gasteiger partial charge in [0.1, 0.15) is 6.04 Å². The number of carbonyl (C=O) groups is 2. The quantitative estimate of drug-likeness (QED) is 0.473. The van der Waals surface area contributed by atoms with Crippen molar-refractivity contribution in [2.45, 2.75) is 72.5 Å². The summed E-state index contributed by atoms with van der Waals surface area (Å²) in [5.74, 6) is -0.381. The van der Waals surface area contributed by atoms with E-state index in [2.05, 4.69) is 5.32 Å². The number of sulfonamides is 1. The number of anilines is 1. The standard InChI is InChI=1S/C27H39N3O4S/c1-7-22(4)28-27(32)23(5)29(19-24-11-8-10-21(3)18-24)26(31)12-9-17-30(35(6,33)34)25-15-13-20(2)14-16-25/h8,10-11,13-16,18,22-23H,7,9,12,17,19H2,1-6H3,(H,28,32). The molecule has 2 amide bonds. The van der Waals surface area contributed by atoms with E-state index in [0.717, 1.165) is 23.1 Å². The molecule has 2 aromatic carbocycles. The summed E-state index contributed by atoms with van der Waals surface area (Å²) < 4.78 is 26.1. The predicted octanol–water partition coefficient (Wildman–Crippen LogP) is 4.18. The fraction of sp³-hybridized carbons (Fsp3) is 0.481. The molecule has 0 bridgehead atoms. The van der Waals surface area contributed by atoms with E-state index in [1.807, 2.05) is 64.1 Å². The van der Waals surface area contributed by atoms with E-state index >= 15 is 0 Å². The summed E-state index contributed by atoms with van der Waals surface area (Å²) in [4.78, 5) is 27.8. The Kier molecular flexibility index (Phi) is 10.3. The van der Waals surface area contributed by atoms with Crippen LogP contribution in [0.1, 0.15) is 56.7 Å². The molecular weight excluding hydrogens is 462 g/mol. The van der Waals surface area contributed by atoms with E-state index in [-0.39, 0.29) is 30.8 Å². The van der Waals surface area contributed by atoms with Crippen molar-refractivity contribution in [3.8, 4) is 0 Å². The lowest BCUT2D eigenvalue weighted by Crippen LogP contribution is -2.49. The zero-order valence-corrected chi connectivity index (χ0v) is 22.6. The Hall–Kier alpha value is -2.87. The zero-order valence-electron chi connectivity index (χ0n) is 21.7. The lowest BCUT2D eigenvalue weighted by Gasteiger charge is -2.30. The molecule has 0 saturated heterocycles. The van der Waals surface area contributed by atoms with Gasteiger partial charge in [-0.3, -0.25) is 13.9 Å². The fourth-order valence-corrected chi connectivity index (χ4v) is 4.74. The van der Waals surface area contributed by atoms with Gasteiger partial charge in [-0.1, -0.05) is 54.4 Å². The first kappa shape index (κ1) is 28.4. The average Bonchev–Trinajstić information content (AvgIpc) is 2.79. The topological polar surface area (TPSA) is 86.8 Å². The molecule has 2 aromatic rings. The Labute approximate surface area is 210 Å². The number of benzene rings is 2. The third kappa shape index (κ3) is 8.69. The smallest absolute Gasteiger partial charge is 0.242 e. The maximum absolute atomic E-state index is 13.3. The largest absolute Gasteiger partial charge is 0.352 e. The van der Waals surface area contributed by atoms with Gasteiger partial charge in [0.2, 0.25) is 21.8 Å². The fourth-order valence-electron chi connectivity index (χ4n) is 3.77. The normalized spacial score (nSPS) is 13.1. The van der Waals surface area contributed by atoms with E-state index < -0.39 is 16.1 Å². The minimum absolute atomic E-state index is 0.0127. The molecule has 0 aliphatic carbocycles. The number of amides is 2. The minimum atomic E-state index is -3.50. The first-order valence-corrected chi connectivity index (χ1v) is 14.0. The summed E-state index contributed by atoms with van der Waals surface area (Å²) in [5, 5.41) is 2.96. The second-order valence-corrected chi connectivity index (χ2v) is 11.2. The van der Waals surface area contributed by atoms with Gasteiger partial charge in [-0.05, 0) is 58.2 Å². The van der Waals surface area contributed by atoms with Crippen LogP contribution in [0.3, 0.4) is 0 Å². The number of hydrogen-bond acceptors (Lipinski definition) is 4. The van der Waals surface area contributed by atoms with Crippen molar-refractivity contribution in [3.63, 3.8) is 0 Å². The molecular formula is C27H39N3O4S. The molecule has 0 radical (unpaired) electrons. The third-order valence-corrected chi connectivity index (χ3v) is 7.27. The molecule has 8 heteroatoms.